The van der Waals surface area contributed by atoms with Gasteiger partial charge >= 0.3 is 0 Å². The summed E-state index contributed by atoms with van der Waals surface area (Å²) in [5.41, 5.74) is 4.80. The molecular weight excluding hydrogens is 180 g/mol. The summed E-state index contributed by atoms with van der Waals surface area (Å²) in [6, 6.07) is 0. The molecule has 0 spiro atoms. The number of carbonyl (C=O) groups excluding carboxylic acids is 1. The molecule has 4 heteroatoms. The lowest BCUT2D eigenvalue weighted by Crippen LogP contribution is -2.39. The number of rotatable bonds is 3. The maximum atomic E-state index is 11.8. The van der Waals surface area contributed by atoms with Gasteiger partial charge in [0.1, 0.15) is 0 Å². The lowest BCUT2D eigenvalue weighted by atomic mass is 10.1. The molecule has 1 saturated heterocycles. The number of amides is 1. The lowest BCUT2D eigenvalue weighted by molar-refractivity contribution is -0.135. The minimum absolute atomic E-state index is 0.0797. The molecule has 0 aliphatic carbocycles. The fraction of sp³-hybridized carbons (Fsp3) is 0.900. The molecule has 1 aliphatic rings. The second kappa shape index (κ2) is 4.28. The van der Waals surface area contributed by atoms with E-state index < -0.39 is 5.60 Å². The molecule has 0 saturated carbocycles. The molecule has 0 aromatic heterocycles. The second-order valence-electron chi connectivity index (χ2n) is 4.35. The van der Waals surface area contributed by atoms with Crippen molar-refractivity contribution in [3.05, 3.63) is 0 Å². The average molecular weight is 200 g/mol. The summed E-state index contributed by atoms with van der Waals surface area (Å²) in [4.78, 5) is 13.6. The quantitative estimate of drug-likeness (QED) is 0.671. The van der Waals surface area contributed by atoms with Gasteiger partial charge in [-0.05, 0) is 19.8 Å². The highest BCUT2D eigenvalue weighted by Crippen LogP contribution is 2.22. The highest BCUT2D eigenvalue weighted by atomic mass is 16.3. The predicted molar refractivity (Wildman–Crippen MR) is 54.7 cm³/mol. The number of aliphatic hydroxyl groups is 1. The van der Waals surface area contributed by atoms with Crippen LogP contribution in [0.15, 0.2) is 0 Å². The first-order chi connectivity index (χ1) is 6.50. The summed E-state index contributed by atoms with van der Waals surface area (Å²) in [6.45, 7) is 5.23. The van der Waals surface area contributed by atoms with E-state index in [0.29, 0.717) is 26.1 Å². The maximum absolute atomic E-state index is 11.8. The van der Waals surface area contributed by atoms with Crippen LogP contribution in [0.2, 0.25) is 0 Å². The van der Waals surface area contributed by atoms with Crippen LogP contribution >= 0.6 is 0 Å². The largest absolute Gasteiger partial charge is 0.388 e. The number of likely N-dealkylation sites (tertiary alicyclic amines) is 1. The molecule has 2 atom stereocenters. The fourth-order valence-electron chi connectivity index (χ4n) is 1.83. The van der Waals surface area contributed by atoms with E-state index >= 15 is 0 Å². The molecule has 0 aromatic carbocycles. The Hall–Kier alpha value is -0.610. The van der Waals surface area contributed by atoms with Gasteiger partial charge in [-0.25, -0.2) is 0 Å². The van der Waals surface area contributed by atoms with Crippen LogP contribution in [0.25, 0.3) is 0 Å². The molecule has 1 aliphatic heterocycles. The van der Waals surface area contributed by atoms with Gasteiger partial charge in [-0.1, -0.05) is 6.92 Å². The first kappa shape index (κ1) is 11.5. The summed E-state index contributed by atoms with van der Waals surface area (Å²) in [5, 5.41) is 9.72. The lowest BCUT2D eigenvalue weighted by Gasteiger charge is -2.22. The molecule has 0 bridgehead atoms. The van der Waals surface area contributed by atoms with Crippen LogP contribution in [-0.2, 0) is 4.79 Å². The Kier molecular flexibility index (Phi) is 3.50. The van der Waals surface area contributed by atoms with Crippen LogP contribution < -0.4 is 5.73 Å². The highest BCUT2D eigenvalue weighted by molar-refractivity contribution is 5.79. The van der Waals surface area contributed by atoms with Gasteiger partial charge in [0.05, 0.1) is 11.5 Å². The number of hydrogen-bond donors (Lipinski definition) is 2. The van der Waals surface area contributed by atoms with Crippen LogP contribution in [-0.4, -0.2) is 41.1 Å². The summed E-state index contributed by atoms with van der Waals surface area (Å²) >= 11 is 0. The van der Waals surface area contributed by atoms with Crippen molar-refractivity contribution in [2.24, 2.45) is 11.7 Å². The van der Waals surface area contributed by atoms with E-state index in [4.69, 9.17) is 5.73 Å². The van der Waals surface area contributed by atoms with Crippen LogP contribution in [0.3, 0.4) is 0 Å². The molecule has 0 aromatic rings. The van der Waals surface area contributed by atoms with Crippen molar-refractivity contribution < 1.29 is 9.90 Å². The minimum atomic E-state index is -0.706. The van der Waals surface area contributed by atoms with Crippen molar-refractivity contribution in [2.75, 3.05) is 19.6 Å². The van der Waals surface area contributed by atoms with Crippen LogP contribution in [0.4, 0.5) is 0 Å². The average Bonchev–Trinajstić information content (AvgIpc) is 2.48. The molecule has 1 fully saturated rings. The van der Waals surface area contributed by atoms with Gasteiger partial charge < -0.3 is 15.7 Å². The van der Waals surface area contributed by atoms with E-state index in [-0.39, 0.29) is 11.8 Å². The van der Waals surface area contributed by atoms with Crippen LogP contribution in [0.5, 0.6) is 0 Å². The normalized spacial score (nSPS) is 29.3. The smallest absolute Gasteiger partial charge is 0.227 e. The van der Waals surface area contributed by atoms with Crippen molar-refractivity contribution in [1.29, 1.82) is 0 Å². The zero-order chi connectivity index (χ0) is 10.8. The molecule has 14 heavy (non-hydrogen) atoms. The Balaban J connectivity index is 2.54. The standard InChI is InChI=1S/C10H20N2O2/c1-3-8(6-11)9(13)12-5-4-10(2,14)7-12/h8,14H,3-7,11H2,1-2H3. The number of nitrogens with zero attached hydrogens (tertiary/aromatic N) is 1. The van der Waals surface area contributed by atoms with Crippen molar-refractivity contribution in [1.82, 2.24) is 4.90 Å². The van der Waals surface area contributed by atoms with Gasteiger partial charge in [0.2, 0.25) is 5.91 Å². The third-order valence-corrected chi connectivity index (χ3v) is 2.89. The van der Waals surface area contributed by atoms with Gasteiger partial charge in [-0.15, -0.1) is 0 Å². The van der Waals surface area contributed by atoms with Gasteiger partial charge in [0.15, 0.2) is 0 Å². The summed E-state index contributed by atoms with van der Waals surface area (Å²) in [7, 11) is 0. The molecular formula is C10H20N2O2. The molecule has 2 unspecified atom stereocenters. The second-order valence-corrected chi connectivity index (χ2v) is 4.35. The minimum Gasteiger partial charge on any atom is -0.388 e. The fourth-order valence-corrected chi connectivity index (χ4v) is 1.83. The van der Waals surface area contributed by atoms with Crippen molar-refractivity contribution in [3.8, 4) is 0 Å². The molecule has 1 rings (SSSR count). The molecule has 82 valence electrons. The number of carbonyl (C=O) groups is 1. The Bertz CT molecular complexity index is 212. The van der Waals surface area contributed by atoms with Crippen molar-refractivity contribution in [2.45, 2.75) is 32.3 Å². The predicted octanol–water partition coefficient (Wildman–Crippen LogP) is -0.0454. The summed E-state index contributed by atoms with van der Waals surface area (Å²) < 4.78 is 0. The molecule has 1 amide bonds. The van der Waals surface area contributed by atoms with Crippen molar-refractivity contribution >= 4 is 5.91 Å². The first-order valence-corrected chi connectivity index (χ1v) is 5.21. The summed E-state index contributed by atoms with van der Waals surface area (Å²) in [5.74, 6) is 0.0108. The van der Waals surface area contributed by atoms with Gasteiger partial charge in [0.25, 0.3) is 0 Å². The molecule has 3 N–H and O–H groups in total. The Labute approximate surface area is 85.1 Å². The van der Waals surface area contributed by atoms with E-state index in [1.807, 2.05) is 6.92 Å². The molecule has 0 radical (unpaired) electrons. The van der Waals surface area contributed by atoms with Crippen LogP contribution in [0.1, 0.15) is 26.7 Å². The van der Waals surface area contributed by atoms with E-state index in [1.165, 1.54) is 0 Å². The van der Waals surface area contributed by atoms with E-state index in [2.05, 4.69) is 0 Å². The summed E-state index contributed by atoms with van der Waals surface area (Å²) in [6.07, 6.45) is 1.44. The highest BCUT2D eigenvalue weighted by Gasteiger charge is 2.35. The number of hydrogen-bond acceptors (Lipinski definition) is 3. The molecule has 4 nitrogen and oxygen atoms in total. The Morgan fingerprint density at radius 1 is 1.71 bits per heavy atom. The van der Waals surface area contributed by atoms with E-state index in [9.17, 15) is 9.90 Å². The van der Waals surface area contributed by atoms with Gasteiger partial charge in [0, 0.05) is 19.6 Å². The monoisotopic (exact) mass is 200 g/mol. The van der Waals surface area contributed by atoms with Gasteiger partial charge in [-0.2, -0.15) is 0 Å². The topological polar surface area (TPSA) is 66.6 Å². The Morgan fingerprint density at radius 3 is 2.71 bits per heavy atom. The third-order valence-electron chi connectivity index (χ3n) is 2.89. The zero-order valence-corrected chi connectivity index (χ0v) is 8.99. The van der Waals surface area contributed by atoms with Crippen LogP contribution in [0, 0.1) is 5.92 Å². The Morgan fingerprint density at radius 2 is 2.36 bits per heavy atom. The van der Waals surface area contributed by atoms with Gasteiger partial charge in [-0.3, -0.25) is 4.79 Å². The SMILES string of the molecule is CCC(CN)C(=O)N1CCC(C)(O)C1. The number of nitrogens with two attached hydrogens (primary N) is 1. The van der Waals surface area contributed by atoms with E-state index in [0.717, 1.165) is 6.42 Å². The number of β-amino-alcohol motifs (C(OH)–C–C–N with tert-alkyl or cyclic N) is 1. The third kappa shape index (κ3) is 2.45. The maximum Gasteiger partial charge on any atom is 0.227 e. The molecule has 1 heterocycles. The first-order valence-electron chi connectivity index (χ1n) is 5.21. The van der Waals surface area contributed by atoms with Crippen molar-refractivity contribution in [3.63, 3.8) is 0 Å². The van der Waals surface area contributed by atoms with E-state index in [1.54, 1.807) is 11.8 Å². The zero-order valence-electron chi connectivity index (χ0n) is 8.99.